The lowest BCUT2D eigenvalue weighted by atomic mass is 9.98. The molecule has 0 aliphatic rings. The van der Waals surface area contributed by atoms with Crippen LogP contribution in [0.4, 0.5) is 0 Å². The van der Waals surface area contributed by atoms with E-state index in [4.69, 9.17) is 0 Å². The molecule has 0 aromatic heterocycles. The molecule has 0 aliphatic carbocycles. The van der Waals surface area contributed by atoms with Crippen molar-refractivity contribution in [1.82, 2.24) is 5.43 Å². The van der Waals surface area contributed by atoms with Crippen LogP contribution in [-0.4, -0.2) is 12.3 Å². The topological polar surface area (TPSA) is 24.4 Å². The monoisotopic (exact) mass is 168 g/mol. The van der Waals surface area contributed by atoms with E-state index in [1.807, 2.05) is 13.8 Å². The molecule has 2 heteroatoms. The highest BCUT2D eigenvalue weighted by Crippen LogP contribution is 2.10. The van der Waals surface area contributed by atoms with Gasteiger partial charge in [-0.2, -0.15) is 5.10 Å². The maximum Gasteiger partial charge on any atom is 0.0595 e. The van der Waals surface area contributed by atoms with Gasteiger partial charge in [-0.15, -0.1) is 0 Å². The number of hydrogen-bond donors (Lipinski definition) is 1. The van der Waals surface area contributed by atoms with E-state index in [0.29, 0.717) is 0 Å². The van der Waals surface area contributed by atoms with E-state index in [2.05, 4.69) is 37.9 Å². The number of hydrazone groups is 1. The van der Waals surface area contributed by atoms with Gasteiger partial charge in [-0.05, 0) is 24.8 Å². The van der Waals surface area contributed by atoms with Crippen LogP contribution in [0.2, 0.25) is 0 Å². The quantitative estimate of drug-likeness (QED) is 0.508. The molecule has 0 rings (SSSR count). The third kappa shape index (κ3) is 5.96. The van der Waals surface area contributed by atoms with Crippen LogP contribution in [0, 0.1) is 5.41 Å². The summed E-state index contributed by atoms with van der Waals surface area (Å²) in [5.74, 6) is 0. The summed E-state index contributed by atoms with van der Waals surface area (Å²) in [4.78, 5) is 0. The van der Waals surface area contributed by atoms with Crippen molar-refractivity contribution in [3.8, 4) is 0 Å². The van der Waals surface area contributed by atoms with Crippen molar-refractivity contribution in [2.45, 2.75) is 34.6 Å². The van der Waals surface area contributed by atoms with E-state index in [-0.39, 0.29) is 5.41 Å². The first-order valence-corrected chi connectivity index (χ1v) is 4.26. The third-order valence-electron chi connectivity index (χ3n) is 1.47. The maximum absolute atomic E-state index is 4.18. The molecule has 0 unspecified atom stereocenters. The van der Waals surface area contributed by atoms with Crippen molar-refractivity contribution in [2.24, 2.45) is 10.5 Å². The molecule has 0 radical (unpaired) electrons. The first-order valence-electron chi connectivity index (χ1n) is 4.26. The van der Waals surface area contributed by atoms with Crippen molar-refractivity contribution in [2.75, 3.05) is 6.54 Å². The Kier molecular flexibility index (Phi) is 4.01. The molecule has 0 amide bonds. The molecule has 0 aromatic carbocycles. The Morgan fingerprint density at radius 2 is 1.83 bits per heavy atom. The summed E-state index contributed by atoms with van der Waals surface area (Å²) in [5, 5.41) is 4.18. The highest BCUT2D eigenvalue weighted by molar-refractivity contribution is 5.96. The second-order valence-corrected chi connectivity index (χ2v) is 4.37. The molecule has 0 heterocycles. The molecule has 0 saturated heterocycles. The summed E-state index contributed by atoms with van der Waals surface area (Å²) >= 11 is 0. The standard InChI is InChI=1S/C10H20N2/c1-8(2)9(3)12-11-7-10(4,5)6/h11H,1,7H2,2-6H3. The van der Waals surface area contributed by atoms with E-state index in [9.17, 15) is 0 Å². The zero-order valence-corrected chi connectivity index (χ0v) is 8.86. The van der Waals surface area contributed by atoms with Gasteiger partial charge >= 0.3 is 0 Å². The van der Waals surface area contributed by atoms with Crippen LogP contribution in [-0.2, 0) is 0 Å². The van der Waals surface area contributed by atoms with Gasteiger partial charge in [-0.25, -0.2) is 0 Å². The SMILES string of the molecule is C=C(C)C(C)=NNCC(C)(C)C. The molecule has 1 N–H and O–H groups in total. The zero-order chi connectivity index (χ0) is 9.78. The molecular formula is C10H20N2. The zero-order valence-electron chi connectivity index (χ0n) is 8.86. The van der Waals surface area contributed by atoms with Gasteiger partial charge in [0.25, 0.3) is 0 Å². The molecule has 0 saturated carbocycles. The van der Waals surface area contributed by atoms with Crippen LogP contribution >= 0.6 is 0 Å². The lowest BCUT2D eigenvalue weighted by Crippen LogP contribution is -2.23. The van der Waals surface area contributed by atoms with Crippen molar-refractivity contribution in [3.63, 3.8) is 0 Å². The van der Waals surface area contributed by atoms with Crippen molar-refractivity contribution in [1.29, 1.82) is 0 Å². The molecule has 12 heavy (non-hydrogen) atoms. The van der Waals surface area contributed by atoms with Crippen LogP contribution in [0.1, 0.15) is 34.6 Å². The Morgan fingerprint density at radius 1 is 1.33 bits per heavy atom. The van der Waals surface area contributed by atoms with E-state index in [1.54, 1.807) is 0 Å². The lowest BCUT2D eigenvalue weighted by molar-refractivity contribution is 0.385. The number of rotatable bonds is 3. The summed E-state index contributed by atoms with van der Waals surface area (Å²) in [5.41, 5.74) is 5.29. The predicted octanol–water partition coefficient (Wildman–Crippen LogP) is 2.57. The smallest absolute Gasteiger partial charge is 0.0595 e. The fraction of sp³-hybridized carbons (Fsp3) is 0.700. The molecular weight excluding hydrogens is 148 g/mol. The Hall–Kier alpha value is -0.790. The van der Waals surface area contributed by atoms with Gasteiger partial charge in [-0.1, -0.05) is 27.4 Å². The maximum atomic E-state index is 4.18. The molecule has 2 nitrogen and oxygen atoms in total. The number of nitrogens with one attached hydrogen (secondary N) is 1. The van der Waals surface area contributed by atoms with E-state index in [1.165, 1.54) is 0 Å². The summed E-state index contributed by atoms with van der Waals surface area (Å²) in [7, 11) is 0. The second kappa shape index (κ2) is 4.29. The summed E-state index contributed by atoms with van der Waals surface area (Å²) < 4.78 is 0. The van der Waals surface area contributed by atoms with Crippen LogP contribution in [0.3, 0.4) is 0 Å². The van der Waals surface area contributed by atoms with Gasteiger partial charge in [-0.3, -0.25) is 0 Å². The van der Waals surface area contributed by atoms with E-state index in [0.717, 1.165) is 17.8 Å². The van der Waals surface area contributed by atoms with Crippen molar-refractivity contribution >= 4 is 5.71 Å². The average Bonchev–Trinajstić information content (AvgIpc) is 1.84. The van der Waals surface area contributed by atoms with E-state index < -0.39 is 0 Å². The third-order valence-corrected chi connectivity index (χ3v) is 1.47. The van der Waals surface area contributed by atoms with Crippen molar-refractivity contribution in [3.05, 3.63) is 12.2 Å². The Morgan fingerprint density at radius 3 is 2.17 bits per heavy atom. The van der Waals surface area contributed by atoms with Crippen LogP contribution < -0.4 is 5.43 Å². The van der Waals surface area contributed by atoms with Gasteiger partial charge in [0.15, 0.2) is 0 Å². The Balaban J connectivity index is 3.83. The second-order valence-electron chi connectivity index (χ2n) is 4.37. The highest BCUT2D eigenvalue weighted by atomic mass is 15.3. The molecule has 0 aromatic rings. The van der Waals surface area contributed by atoms with Gasteiger partial charge in [0.2, 0.25) is 0 Å². The minimum atomic E-state index is 0.277. The molecule has 0 bridgehead atoms. The summed E-state index contributed by atoms with van der Waals surface area (Å²) in [6.45, 7) is 15.1. The fourth-order valence-electron chi connectivity index (χ4n) is 0.491. The van der Waals surface area contributed by atoms with Gasteiger partial charge < -0.3 is 5.43 Å². The molecule has 0 atom stereocenters. The first-order chi connectivity index (χ1) is 5.33. The largest absolute Gasteiger partial charge is 0.309 e. The van der Waals surface area contributed by atoms with Crippen LogP contribution in [0.15, 0.2) is 17.3 Å². The molecule has 0 fully saturated rings. The van der Waals surface area contributed by atoms with Gasteiger partial charge in [0.05, 0.1) is 5.71 Å². The highest BCUT2D eigenvalue weighted by Gasteiger charge is 2.08. The minimum Gasteiger partial charge on any atom is -0.309 e. The normalized spacial score (nSPS) is 12.9. The number of hydrogen-bond acceptors (Lipinski definition) is 2. The molecule has 0 spiro atoms. The Labute approximate surface area is 75.7 Å². The fourth-order valence-corrected chi connectivity index (χ4v) is 0.491. The lowest BCUT2D eigenvalue weighted by Gasteiger charge is -2.17. The molecule has 0 aliphatic heterocycles. The van der Waals surface area contributed by atoms with Crippen molar-refractivity contribution < 1.29 is 0 Å². The number of allylic oxidation sites excluding steroid dienone is 1. The number of nitrogens with zero attached hydrogens (tertiary/aromatic N) is 1. The molecule has 70 valence electrons. The van der Waals surface area contributed by atoms with E-state index >= 15 is 0 Å². The summed E-state index contributed by atoms with van der Waals surface area (Å²) in [6.07, 6.45) is 0. The minimum absolute atomic E-state index is 0.277. The van der Waals surface area contributed by atoms with Gasteiger partial charge in [0.1, 0.15) is 0 Å². The predicted molar refractivity (Wildman–Crippen MR) is 55.4 cm³/mol. The first kappa shape index (κ1) is 11.2. The van der Waals surface area contributed by atoms with Crippen LogP contribution in [0.25, 0.3) is 0 Å². The van der Waals surface area contributed by atoms with Crippen LogP contribution in [0.5, 0.6) is 0 Å². The average molecular weight is 168 g/mol. The summed E-state index contributed by atoms with van der Waals surface area (Å²) in [6, 6.07) is 0. The van der Waals surface area contributed by atoms with Gasteiger partial charge in [0, 0.05) is 6.54 Å². The Bertz CT molecular complexity index is 185.